The highest BCUT2D eigenvalue weighted by Crippen LogP contribution is 2.34. The van der Waals surface area contributed by atoms with E-state index in [0.717, 1.165) is 31.7 Å². The van der Waals surface area contributed by atoms with E-state index < -0.39 is 17.0 Å². The fourth-order valence-electron chi connectivity index (χ4n) is 4.08. The molecule has 1 aromatic heterocycles. The third-order valence-corrected chi connectivity index (χ3v) is 6.00. The Bertz CT molecular complexity index is 1070. The van der Waals surface area contributed by atoms with Crippen LogP contribution in [0.3, 0.4) is 0 Å². The summed E-state index contributed by atoms with van der Waals surface area (Å²) in [6.45, 7) is 7.37. The molecule has 1 aromatic carbocycles. The molecule has 0 N–H and O–H groups in total. The first-order valence-corrected chi connectivity index (χ1v) is 11.7. The summed E-state index contributed by atoms with van der Waals surface area (Å²) in [5.41, 5.74) is -1.01. The van der Waals surface area contributed by atoms with Crippen LogP contribution in [0.4, 0.5) is 8.78 Å². The van der Waals surface area contributed by atoms with Gasteiger partial charge in [0, 0.05) is 26.1 Å². The lowest BCUT2D eigenvalue weighted by Gasteiger charge is -2.29. The molecule has 1 aliphatic carbocycles. The van der Waals surface area contributed by atoms with Gasteiger partial charge in [0.25, 0.3) is 6.01 Å². The second-order valence-corrected chi connectivity index (χ2v) is 9.97. The number of hydrogen-bond acceptors (Lipinski definition) is 6. The molecular formula is C25H33F2N3O4. The smallest absolute Gasteiger partial charge is 0.297 e. The number of Topliss-reactive ketones (excluding diaryl/α,β-unsaturated/α-hetero) is 1. The van der Waals surface area contributed by atoms with Crippen LogP contribution in [0, 0.1) is 34.3 Å². The molecule has 1 atom stereocenters. The molecule has 0 radical (unpaired) electrons. The van der Waals surface area contributed by atoms with Crippen LogP contribution in [0.2, 0.25) is 0 Å². The number of carbonyl (C=O) groups is 1. The van der Waals surface area contributed by atoms with Crippen LogP contribution in [0.5, 0.6) is 11.8 Å². The van der Waals surface area contributed by atoms with Gasteiger partial charge in [0.05, 0.1) is 17.6 Å². The van der Waals surface area contributed by atoms with Crippen molar-refractivity contribution in [3.8, 4) is 17.8 Å². The maximum atomic E-state index is 15.1. The number of ether oxygens (including phenoxy) is 3. The molecule has 0 bridgehead atoms. The summed E-state index contributed by atoms with van der Waals surface area (Å²) in [5.74, 6) is -1.38. The standard InChI is InChI=1S/C25H33F2N3O4/c1-15(10-16(2)31)12-32-17-6-8-18(9-7-17)34-24-29-22-19(26)11-20(21(27)23(22)30(24)5)33-14-25(3,4)13-28/h11,15,17-18H,6-10,12,14H2,1-5H3/t15-,17?,18?/m1/s1. The molecule has 0 aliphatic heterocycles. The second kappa shape index (κ2) is 10.7. The Morgan fingerprint density at radius 2 is 1.94 bits per heavy atom. The molecule has 9 heteroatoms. The van der Waals surface area contributed by atoms with Gasteiger partial charge in [0.15, 0.2) is 17.4 Å². The van der Waals surface area contributed by atoms with Crippen molar-refractivity contribution < 1.29 is 27.8 Å². The van der Waals surface area contributed by atoms with Crippen molar-refractivity contribution in [1.82, 2.24) is 9.55 Å². The minimum atomic E-state index is -0.841. The normalized spacial score (nSPS) is 19.6. The first-order chi connectivity index (χ1) is 16.0. The Labute approximate surface area is 199 Å². The molecule has 0 spiro atoms. The van der Waals surface area contributed by atoms with Gasteiger partial charge in [-0.25, -0.2) is 8.78 Å². The zero-order chi connectivity index (χ0) is 25.0. The molecule has 34 heavy (non-hydrogen) atoms. The summed E-state index contributed by atoms with van der Waals surface area (Å²) < 4.78 is 48.6. The van der Waals surface area contributed by atoms with Crippen LogP contribution >= 0.6 is 0 Å². The molecule has 3 rings (SSSR count). The zero-order valence-corrected chi connectivity index (χ0v) is 20.5. The second-order valence-electron chi connectivity index (χ2n) is 9.97. The highest BCUT2D eigenvalue weighted by Gasteiger charge is 2.27. The molecule has 1 heterocycles. The monoisotopic (exact) mass is 477 g/mol. The third-order valence-electron chi connectivity index (χ3n) is 6.00. The number of aryl methyl sites for hydroxylation is 1. The summed E-state index contributed by atoms with van der Waals surface area (Å²) in [6.07, 6.45) is 3.56. The average molecular weight is 478 g/mol. The van der Waals surface area contributed by atoms with E-state index in [4.69, 9.17) is 19.5 Å². The summed E-state index contributed by atoms with van der Waals surface area (Å²) in [6, 6.07) is 3.16. The number of hydrogen-bond donors (Lipinski definition) is 0. The fourth-order valence-corrected chi connectivity index (χ4v) is 4.08. The first kappa shape index (κ1) is 25.9. The Hall–Kier alpha value is -2.73. The highest BCUT2D eigenvalue weighted by molar-refractivity contribution is 5.80. The first-order valence-electron chi connectivity index (χ1n) is 11.7. The summed E-state index contributed by atoms with van der Waals surface area (Å²) >= 11 is 0. The number of fused-ring (bicyclic) bond motifs is 1. The van der Waals surface area contributed by atoms with E-state index in [-0.39, 0.29) is 53.3 Å². The van der Waals surface area contributed by atoms with Crippen LogP contribution in [0.1, 0.15) is 59.8 Å². The average Bonchev–Trinajstić information content (AvgIpc) is 3.11. The van der Waals surface area contributed by atoms with Crippen LogP contribution < -0.4 is 9.47 Å². The molecule has 0 unspecified atom stereocenters. The van der Waals surface area contributed by atoms with Gasteiger partial charge in [0.2, 0.25) is 0 Å². The molecule has 0 amide bonds. The predicted molar refractivity (Wildman–Crippen MR) is 123 cm³/mol. The number of benzene rings is 1. The van der Waals surface area contributed by atoms with Crippen LogP contribution in [0.15, 0.2) is 6.07 Å². The number of carbonyl (C=O) groups excluding carboxylic acids is 1. The predicted octanol–water partition coefficient (Wildman–Crippen LogP) is 5.10. The van der Waals surface area contributed by atoms with Gasteiger partial charge in [-0.3, -0.25) is 4.57 Å². The van der Waals surface area contributed by atoms with E-state index in [1.165, 1.54) is 4.57 Å². The number of imidazole rings is 1. The Kier molecular flexibility index (Phi) is 8.13. The number of ketones is 1. The van der Waals surface area contributed by atoms with Crippen molar-refractivity contribution in [3.05, 3.63) is 17.7 Å². The van der Waals surface area contributed by atoms with Crippen molar-refractivity contribution in [2.45, 2.75) is 72.0 Å². The van der Waals surface area contributed by atoms with Crippen molar-refractivity contribution in [2.24, 2.45) is 18.4 Å². The van der Waals surface area contributed by atoms with Crippen LogP contribution in [0.25, 0.3) is 11.0 Å². The van der Waals surface area contributed by atoms with Gasteiger partial charge in [-0.2, -0.15) is 10.2 Å². The minimum Gasteiger partial charge on any atom is -0.489 e. The van der Waals surface area contributed by atoms with Gasteiger partial charge in [-0.05, 0) is 52.4 Å². The Balaban J connectivity index is 1.64. The van der Waals surface area contributed by atoms with Gasteiger partial charge in [0.1, 0.15) is 29.5 Å². The number of halogens is 2. The van der Waals surface area contributed by atoms with Crippen LogP contribution in [-0.2, 0) is 16.6 Å². The van der Waals surface area contributed by atoms with Crippen molar-refractivity contribution >= 4 is 16.8 Å². The molecule has 1 aliphatic rings. The third kappa shape index (κ3) is 6.23. The lowest BCUT2D eigenvalue weighted by molar-refractivity contribution is -0.118. The highest BCUT2D eigenvalue weighted by atomic mass is 19.1. The SMILES string of the molecule is CC(=O)C[C@@H](C)COC1CCC(Oc2nc3c(F)cc(OCC(C)(C)C#N)c(F)c3n2C)CC1. The van der Waals surface area contributed by atoms with Gasteiger partial charge in [-0.15, -0.1) is 0 Å². The van der Waals surface area contributed by atoms with Gasteiger partial charge >= 0.3 is 0 Å². The molecule has 186 valence electrons. The number of nitriles is 1. The number of nitrogens with zero attached hydrogens (tertiary/aromatic N) is 3. The number of rotatable bonds is 10. The van der Waals surface area contributed by atoms with E-state index in [9.17, 15) is 9.18 Å². The Morgan fingerprint density at radius 3 is 2.56 bits per heavy atom. The van der Waals surface area contributed by atoms with Gasteiger partial charge in [-0.1, -0.05) is 6.92 Å². The molecule has 7 nitrogen and oxygen atoms in total. The Morgan fingerprint density at radius 1 is 1.29 bits per heavy atom. The van der Waals surface area contributed by atoms with Crippen molar-refractivity contribution in [3.63, 3.8) is 0 Å². The minimum absolute atomic E-state index is 0.0451. The van der Waals surface area contributed by atoms with E-state index >= 15 is 4.39 Å². The molecule has 1 fully saturated rings. The van der Waals surface area contributed by atoms with E-state index in [1.807, 2.05) is 6.92 Å². The zero-order valence-electron chi connectivity index (χ0n) is 20.5. The fraction of sp³-hybridized carbons (Fsp3) is 0.640. The van der Waals surface area contributed by atoms with Crippen LogP contribution in [-0.4, -0.2) is 40.8 Å². The molecule has 0 saturated heterocycles. The van der Waals surface area contributed by atoms with E-state index in [2.05, 4.69) is 11.1 Å². The molecular weight excluding hydrogens is 444 g/mol. The van der Waals surface area contributed by atoms with E-state index in [1.54, 1.807) is 27.8 Å². The maximum Gasteiger partial charge on any atom is 0.297 e. The van der Waals surface area contributed by atoms with Crippen molar-refractivity contribution in [1.29, 1.82) is 5.26 Å². The lowest BCUT2D eigenvalue weighted by Crippen LogP contribution is -2.30. The lowest BCUT2D eigenvalue weighted by atomic mass is 9.95. The topological polar surface area (TPSA) is 86.4 Å². The quantitative estimate of drug-likeness (QED) is 0.473. The van der Waals surface area contributed by atoms with Gasteiger partial charge < -0.3 is 19.0 Å². The maximum absolute atomic E-state index is 15.1. The largest absolute Gasteiger partial charge is 0.489 e. The summed E-state index contributed by atoms with van der Waals surface area (Å²) in [7, 11) is 1.57. The number of aromatic nitrogens is 2. The summed E-state index contributed by atoms with van der Waals surface area (Å²) in [4.78, 5) is 15.4. The summed E-state index contributed by atoms with van der Waals surface area (Å²) in [5, 5.41) is 9.12. The molecule has 1 saturated carbocycles. The van der Waals surface area contributed by atoms with Crippen molar-refractivity contribution in [2.75, 3.05) is 13.2 Å². The van der Waals surface area contributed by atoms with E-state index in [0.29, 0.717) is 13.0 Å². The molecule has 2 aromatic rings.